The first-order valence-electron chi connectivity index (χ1n) is 10.8. The largest absolute Gasteiger partial charge is 0.333 e. The molecule has 0 aromatic heterocycles. The number of fused-ring (bicyclic) bond motifs is 1. The molecule has 2 fully saturated rings. The van der Waals surface area contributed by atoms with Gasteiger partial charge in [-0.1, -0.05) is 81.0 Å². The Hall–Kier alpha value is -2.09. The van der Waals surface area contributed by atoms with Crippen LogP contribution in [0.5, 0.6) is 0 Å². The number of nitrogens with zero attached hydrogens (tertiary/aromatic N) is 1. The Labute approximate surface area is 163 Å². The first-order chi connectivity index (χ1) is 13.3. The van der Waals surface area contributed by atoms with E-state index in [-0.39, 0.29) is 5.91 Å². The average Bonchev–Trinajstić information content (AvgIpc) is 2.74. The molecule has 142 valence electrons. The van der Waals surface area contributed by atoms with Crippen molar-refractivity contribution in [3.8, 4) is 0 Å². The van der Waals surface area contributed by atoms with Gasteiger partial charge in [0.1, 0.15) is 0 Å². The second-order valence-corrected chi connectivity index (χ2v) is 8.23. The molecular weight excluding hydrogens is 330 g/mol. The van der Waals surface area contributed by atoms with Gasteiger partial charge in [-0.2, -0.15) is 0 Å². The molecule has 0 atom stereocenters. The third-order valence-corrected chi connectivity index (χ3v) is 6.42. The van der Waals surface area contributed by atoms with E-state index in [9.17, 15) is 4.79 Å². The summed E-state index contributed by atoms with van der Waals surface area (Å²) in [5.41, 5.74) is 1.13. The van der Waals surface area contributed by atoms with Crippen LogP contribution in [-0.2, 0) is 4.79 Å². The molecule has 2 saturated carbocycles. The van der Waals surface area contributed by atoms with Gasteiger partial charge in [0, 0.05) is 18.2 Å². The maximum Gasteiger partial charge on any atom is 0.247 e. The van der Waals surface area contributed by atoms with Crippen LogP contribution < -0.4 is 0 Å². The molecule has 2 aromatic rings. The molecule has 2 aliphatic carbocycles. The lowest BCUT2D eigenvalue weighted by Crippen LogP contribution is -2.48. The van der Waals surface area contributed by atoms with E-state index in [1.165, 1.54) is 75.0 Å². The van der Waals surface area contributed by atoms with Crippen LogP contribution in [-0.4, -0.2) is 22.9 Å². The molecule has 0 radical (unpaired) electrons. The van der Waals surface area contributed by atoms with Crippen LogP contribution in [0.2, 0.25) is 0 Å². The molecule has 27 heavy (non-hydrogen) atoms. The van der Waals surface area contributed by atoms with Gasteiger partial charge in [0.15, 0.2) is 0 Å². The Morgan fingerprint density at radius 1 is 0.778 bits per heavy atom. The van der Waals surface area contributed by atoms with Crippen molar-refractivity contribution in [3.63, 3.8) is 0 Å². The first-order valence-corrected chi connectivity index (χ1v) is 10.8. The van der Waals surface area contributed by atoms with Gasteiger partial charge in [-0.25, -0.2) is 0 Å². The summed E-state index contributed by atoms with van der Waals surface area (Å²) >= 11 is 0. The fourth-order valence-corrected chi connectivity index (χ4v) is 5.02. The van der Waals surface area contributed by atoms with Crippen molar-refractivity contribution in [1.29, 1.82) is 0 Å². The topological polar surface area (TPSA) is 20.3 Å². The lowest BCUT2D eigenvalue weighted by Gasteiger charge is -2.41. The fraction of sp³-hybridized carbons (Fsp3) is 0.480. The van der Waals surface area contributed by atoms with E-state index in [0.717, 1.165) is 5.56 Å². The van der Waals surface area contributed by atoms with Gasteiger partial charge in [0.25, 0.3) is 0 Å². The summed E-state index contributed by atoms with van der Waals surface area (Å²) in [4.78, 5) is 15.6. The highest BCUT2D eigenvalue weighted by atomic mass is 16.2. The van der Waals surface area contributed by atoms with Crippen molar-refractivity contribution in [2.45, 2.75) is 76.3 Å². The molecule has 0 N–H and O–H groups in total. The lowest BCUT2D eigenvalue weighted by molar-refractivity contribution is -0.132. The normalized spacial score (nSPS) is 19.6. The zero-order valence-corrected chi connectivity index (χ0v) is 16.3. The van der Waals surface area contributed by atoms with Crippen molar-refractivity contribution >= 4 is 22.8 Å². The summed E-state index contributed by atoms with van der Waals surface area (Å²) in [5.74, 6) is 0.224. The third kappa shape index (κ3) is 4.26. The van der Waals surface area contributed by atoms with Crippen molar-refractivity contribution in [2.24, 2.45) is 0 Å². The maximum atomic E-state index is 13.3. The molecule has 2 aromatic carbocycles. The van der Waals surface area contributed by atoms with Crippen molar-refractivity contribution in [3.05, 3.63) is 54.1 Å². The van der Waals surface area contributed by atoms with Crippen molar-refractivity contribution < 1.29 is 4.79 Å². The summed E-state index contributed by atoms with van der Waals surface area (Å²) in [5, 5.41) is 2.44. The summed E-state index contributed by atoms with van der Waals surface area (Å²) in [6, 6.07) is 15.6. The molecule has 2 nitrogen and oxygen atoms in total. The second kappa shape index (κ2) is 8.73. The van der Waals surface area contributed by atoms with Crippen LogP contribution in [0.1, 0.15) is 69.8 Å². The van der Waals surface area contributed by atoms with Gasteiger partial charge in [0.05, 0.1) is 0 Å². The van der Waals surface area contributed by atoms with Gasteiger partial charge in [-0.15, -0.1) is 0 Å². The van der Waals surface area contributed by atoms with Crippen LogP contribution in [0.3, 0.4) is 0 Å². The van der Waals surface area contributed by atoms with E-state index < -0.39 is 0 Å². The Morgan fingerprint density at radius 3 is 2.04 bits per heavy atom. The molecule has 1 amide bonds. The Bertz CT molecular complexity index is 774. The third-order valence-electron chi connectivity index (χ3n) is 6.42. The van der Waals surface area contributed by atoms with Crippen LogP contribution in [0.25, 0.3) is 16.8 Å². The van der Waals surface area contributed by atoms with E-state index in [0.29, 0.717) is 12.1 Å². The molecule has 0 unspecified atom stereocenters. The SMILES string of the molecule is O=C(/C=C/c1cccc2ccccc12)N(C1CCCCC1)C1CCCCC1. The Kier molecular flexibility index (Phi) is 5.91. The Morgan fingerprint density at radius 2 is 1.37 bits per heavy atom. The maximum absolute atomic E-state index is 13.3. The van der Waals surface area contributed by atoms with Crippen molar-refractivity contribution in [1.82, 2.24) is 4.90 Å². The summed E-state index contributed by atoms with van der Waals surface area (Å²) in [7, 11) is 0. The molecule has 2 aliphatic rings. The summed E-state index contributed by atoms with van der Waals surface area (Å²) in [6.07, 6.45) is 16.4. The standard InChI is InChI=1S/C25H31NO/c27-25(19-18-21-12-9-11-20-10-7-8-17-24(20)21)26(22-13-3-1-4-14-22)23-15-5-2-6-16-23/h7-12,17-19,22-23H,1-6,13-16H2/b19-18+. The number of rotatable bonds is 4. The highest BCUT2D eigenvalue weighted by Crippen LogP contribution is 2.30. The monoisotopic (exact) mass is 361 g/mol. The minimum atomic E-state index is 0.224. The van der Waals surface area contributed by atoms with Crippen LogP contribution >= 0.6 is 0 Å². The number of hydrogen-bond acceptors (Lipinski definition) is 1. The van der Waals surface area contributed by atoms with Gasteiger partial charge in [-0.05, 0) is 48.1 Å². The second-order valence-electron chi connectivity index (χ2n) is 8.23. The first kappa shape index (κ1) is 18.3. The van der Waals surface area contributed by atoms with E-state index in [1.807, 2.05) is 12.2 Å². The smallest absolute Gasteiger partial charge is 0.247 e. The Balaban J connectivity index is 1.57. The van der Waals surface area contributed by atoms with Crippen LogP contribution in [0.4, 0.5) is 0 Å². The van der Waals surface area contributed by atoms with E-state index in [1.54, 1.807) is 0 Å². The molecule has 0 heterocycles. The molecule has 0 spiro atoms. The quantitative estimate of drug-likeness (QED) is 0.581. The van der Waals surface area contributed by atoms with Crippen molar-refractivity contribution in [2.75, 3.05) is 0 Å². The molecule has 2 heteroatoms. The zero-order valence-electron chi connectivity index (χ0n) is 16.3. The number of carbonyl (C=O) groups is 1. The average molecular weight is 362 g/mol. The molecule has 4 rings (SSSR count). The minimum absolute atomic E-state index is 0.224. The van der Waals surface area contributed by atoms with E-state index in [4.69, 9.17) is 0 Å². The molecule has 0 saturated heterocycles. The van der Waals surface area contributed by atoms with Crippen LogP contribution in [0.15, 0.2) is 48.5 Å². The number of amides is 1. The number of carbonyl (C=O) groups excluding carboxylic acids is 1. The highest BCUT2D eigenvalue weighted by molar-refractivity contribution is 5.97. The van der Waals surface area contributed by atoms with Gasteiger partial charge < -0.3 is 4.90 Å². The zero-order chi connectivity index (χ0) is 18.5. The summed E-state index contributed by atoms with van der Waals surface area (Å²) in [6.45, 7) is 0. The molecule has 0 aliphatic heterocycles. The minimum Gasteiger partial charge on any atom is -0.333 e. The van der Waals surface area contributed by atoms with Gasteiger partial charge in [0.2, 0.25) is 5.91 Å². The number of hydrogen-bond donors (Lipinski definition) is 0. The number of benzene rings is 2. The molecule has 0 bridgehead atoms. The molecular formula is C25H31NO. The highest BCUT2D eigenvalue weighted by Gasteiger charge is 2.31. The summed E-state index contributed by atoms with van der Waals surface area (Å²) < 4.78 is 0. The fourth-order valence-electron chi connectivity index (χ4n) is 5.02. The van der Waals surface area contributed by atoms with Gasteiger partial charge >= 0.3 is 0 Å². The predicted molar refractivity (Wildman–Crippen MR) is 114 cm³/mol. The predicted octanol–water partition coefficient (Wildman–Crippen LogP) is 6.35. The van der Waals surface area contributed by atoms with E-state index >= 15 is 0 Å². The van der Waals surface area contributed by atoms with E-state index in [2.05, 4.69) is 47.4 Å². The van der Waals surface area contributed by atoms with Crippen LogP contribution in [0, 0.1) is 0 Å². The lowest BCUT2D eigenvalue weighted by atomic mass is 9.88. The van der Waals surface area contributed by atoms with Gasteiger partial charge in [-0.3, -0.25) is 4.79 Å².